The number of ether oxygens (including phenoxy) is 1. The number of alkyl halides is 3. The van der Waals surface area contributed by atoms with E-state index < -0.39 is 47.3 Å². The predicted octanol–water partition coefficient (Wildman–Crippen LogP) is 4.23. The van der Waals surface area contributed by atoms with E-state index in [2.05, 4.69) is 10.1 Å². The lowest BCUT2D eigenvalue weighted by Crippen LogP contribution is -2.56. The summed E-state index contributed by atoms with van der Waals surface area (Å²) in [6.45, 7) is -1.16. The molecule has 2 N–H and O–H groups in total. The zero-order valence-electron chi connectivity index (χ0n) is 13.4. The zero-order chi connectivity index (χ0) is 19.8. The summed E-state index contributed by atoms with van der Waals surface area (Å²) < 4.78 is 60.1. The van der Waals surface area contributed by atoms with Gasteiger partial charge in [-0.05, 0) is 30.3 Å². The average Bonchev–Trinajstić information content (AvgIpc) is 2.59. The Morgan fingerprint density at radius 3 is 2.59 bits per heavy atom. The Bertz CT molecular complexity index is 919. The molecule has 2 amide bonds. The van der Waals surface area contributed by atoms with Crippen molar-refractivity contribution in [2.75, 3.05) is 11.9 Å². The van der Waals surface area contributed by atoms with E-state index in [-0.39, 0.29) is 10.7 Å². The number of benzene rings is 2. The lowest BCUT2D eigenvalue weighted by atomic mass is 9.89. The van der Waals surface area contributed by atoms with Crippen LogP contribution in [0.2, 0.25) is 5.02 Å². The molecule has 5 nitrogen and oxygen atoms in total. The highest BCUT2D eigenvalue weighted by atomic mass is 35.5. The molecule has 0 saturated heterocycles. The lowest BCUT2D eigenvalue weighted by molar-refractivity contribution is -0.261. The van der Waals surface area contributed by atoms with E-state index in [1.165, 1.54) is 24.3 Å². The van der Waals surface area contributed by atoms with Crippen LogP contribution in [-0.2, 0) is 10.3 Å². The number of rotatable bonds is 3. The van der Waals surface area contributed by atoms with Gasteiger partial charge in [0.15, 0.2) is 0 Å². The van der Waals surface area contributed by atoms with E-state index in [1.54, 1.807) is 0 Å². The van der Waals surface area contributed by atoms with Crippen molar-refractivity contribution in [2.45, 2.75) is 11.8 Å². The van der Waals surface area contributed by atoms with Gasteiger partial charge in [0.2, 0.25) is 0 Å². The maximum atomic E-state index is 13.9. The van der Waals surface area contributed by atoms with Gasteiger partial charge in [-0.2, -0.15) is 13.2 Å². The van der Waals surface area contributed by atoms with E-state index in [4.69, 9.17) is 11.6 Å². The summed E-state index contributed by atoms with van der Waals surface area (Å²) in [5.74, 6) is -1.99. The molecule has 1 heterocycles. The minimum atomic E-state index is -5.09. The highest BCUT2D eigenvalue weighted by Crippen LogP contribution is 2.47. The van der Waals surface area contributed by atoms with Crippen LogP contribution in [-0.4, -0.2) is 24.7 Å². The number of cyclic esters (lactones) is 1. The average molecular weight is 403 g/mol. The van der Waals surface area contributed by atoms with Crippen LogP contribution in [0.25, 0.3) is 0 Å². The number of fused-ring (bicyclic) bond motifs is 1. The molecule has 1 atom stereocenters. The van der Waals surface area contributed by atoms with Crippen LogP contribution in [0.1, 0.15) is 15.9 Å². The van der Waals surface area contributed by atoms with Crippen molar-refractivity contribution in [3.8, 4) is 0 Å². The summed E-state index contributed by atoms with van der Waals surface area (Å²) in [4.78, 5) is 23.8. The van der Waals surface area contributed by atoms with Crippen molar-refractivity contribution in [3.05, 3.63) is 64.4 Å². The normalized spacial score (nSPS) is 18.9. The number of anilines is 1. The van der Waals surface area contributed by atoms with Crippen molar-refractivity contribution in [1.29, 1.82) is 0 Å². The molecule has 0 saturated carbocycles. The third kappa shape index (κ3) is 3.42. The third-order valence-corrected chi connectivity index (χ3v) is 4.23. The number of hydrogen-bond acceptors (Lipinski definition) is 3. The first-order valence-corrected chi connectivity index (χ1v) is 7.91. The molecule has 1 aliphatic heterocycles. The summed E-state index contributed by atoms with van der Waals surface area (Å²) >= 11 is 5.80. The van der Waals surface area contributed by atoms with Gasteiger partial charge >= 0.3 is 12.3 Å². The van der Waals surface area contributed by atoms with E-state index in [0.717, 1.165) is 18.2 Å². The van der Waals surface area contributed by atoms with Crippen LogP contribution in [0.15, 0.2) is 42.5 Å². The Kier molecular flexibility index (Phi) is 4.73. The zero-order valence-corrected chi connectivity index (χ0v) is 14.1. The quantitative estimate of drug-likeness (QED) is 0.755. The molecule has 0 spiro atoms. The fourth-order valence-electron chi connectivity index (χ4n) is 2.70. The van der Waals surface area contributed by atoms with Crippen LogP contribution < -0.4 is 10.6 Å². The Morgan fingerprint density at radius 2 is 1.93 bits per heavy atom. The maximum Gasteiger partial charge on any atom is 0.434 e. The number of hydrogen-bond donors (Lipinski definition) is 2. The van der Waals surface area contributed by atoms with E-state index >= 15 is 0 Å². The predicted molar refractivity (Wildman–Crippen MR) is 88.0 cm³/mol. The maximum absolute atomic E-state index is 13.9. The largest absolute Gasteiger partial charge is 0.434 e. The molecule has 142 valence electrons. The highest BCUT2D eigenvalue weighted by Gasteiger charge is 2.62. The molecule has 0 radical (unpaired) electrons. The van der Waals surface area contributed by atoms with Gasteiger partial charge < -0.3 is 10.1 Å². The molecule has 2 aromatic carbocycles. The SMILES string of the molecule is O=C1Nc2ccc(Cl)cc2C(CNC(=O)c2ccccc2F)(C(F)(F)F)O1. The van der Waals surface area contributed by atoms with Crippen LogP contribution in [0.3, 0.4) is 0 Å². The molecule has 27 heavy (non-hydrogen) atoms. The smallest absolute Gasteiger partial charge is 0.426 e. The number of halogens is 5. The van der Waals surface area contributed by atoms with Gasteiger partial charge in [-0.3, -0.25) is 10.1 Å². The number of carbonyl (C=O) groups is 2. The first kappa shape index (κ1) is 19.0. The minimum absolute atomic E-state index is 0.0254. The van der Waals surface area contributed by atoms with E-state index in [9.17, 15) is 27.2 Å². The Hall–Kier alpha value is -2.81. The Labute approximate surface area is 155 Å². The molecule has 2 aromatic rings. The molecule has 10 heteroatoms. The molecule has 3 rings (SSSR count). The lowest BCUT2D eigenvalue weighted by Gasteiger charge is -2.39. The van der Waals surface area contributed by atoms with Crippen LogP contribution in [0.4, 0.5) is 28.0 Å². The molecule has 1 aliphatic rings. The molecular formula is C17H11ClF4N2O3. The van der Waals surface area contributed by atoms with Crippen LogP contribution >= 0.6 is 11.6 Å². The first-order valence-electron chi connectivity index (χ1n) is 7.53. The number of carbonyl (C=O) groups excluding carboxylic acids is 2. The summed E-state index contributed by atoms with van der Waals surface area (Å²) in [6, 6.07) is 8.27. The molecule has 0 aliphatic carbocycles. The monoisotopic (exact) mass is 402 g/mol. The van der Waals surface area contributed by atoms with Gasteiger partial charge in [-0.1, -0.05) is 23.7 Å². The van der Waals surface area contributed by atoms with Gasteiger partial charge in [0, 0.05) is 10.6 Å². The Balaban J connectivity index is 2.01. The van der Waals surface area contributed by atoms with Crippen LogP contribution in [0, 0.1) is 5.82 Å². The van der Waals surface area contributed by atoms with Crippen molar-refractivity contribution in [2.24, 2.45) is 0 Å². The first-order chi connectivity index (χ1) is 12.6. The second kappa shape index (κ2) is 6.73. The van der Waals surface area contributed by atoms with Crippen molar-refractivity contribution in [3.63, 3.8) is 0 Å². The summed E-state index contributed by atoms with van der Waals surface area (Å²) in [7, 11) is 0. The van der Waals surface area contributed by atoms with Gasteiger partial charge in [0.1, 0.15) is 5.82 Å². The summed E-state index contributed by atoms with van der Waals surface area (Å²) in [6.07, 6.45) is -6.44. The van der Waals surface area contributed by atoms with Crippen LogP contribution in [0.5, 0.6) is 0 Å². The van der Waals surface area contributed by atoms with Crippen molar-refractivity contribution in [1.82, 2.24) is 5.32 Å². The molecule has 0 fully saturated rings. The molecule has 1 unspecified atom stereocenters. The van der Waals surface area contributed by atoms with Gasteiger partial charge in [0.05, 0.1) is 17.8 Å². The summed E-state index contributed by atoms with van der Waals surface area (Å²) in [5, 5.41) is 4.12. The fourth-order valence-corrected chi connectivity index (χ4v) is 2.87. The third-order valence-electron chi connectivity index (χ3n) is 3.99. The number of nitrogens with one attached hydrogen (secondary N) is 2. The highest BCUT2D eigenvalue weighted by molar-refractivity contribution is 6.30. The molecule has 0 bridgehead atoms. The second-order valence-corrected chi connectivity index (χ2v) is 6.13. The van der Waals surface area contributed by atoms with Crippen molar-refractivity contribution >= 4 is 29.3 Å². The number of amides is 2. The van der Waals surface area contributed by atoms with Crippen molar-refractivity contribution < 1.29 is 31.9 Å². The van der Waals surface area contributed by atoms with Gasteiger partial charge in [-0.25, -0.2) is 9.18 Å². The molecule has 0 aromatic heterocycles. The summed E-state index contributed by atoms with van der Waals surface area (Å²) in [5.41, 5.74) is -4.26. The Morgan fingerprint density at radius 1 is 1.22 bits per heavy atom. The molecular weight excluding hydrogens is 392 g/mol. The second-order valence-electron chi connectivity index (χ2n) is 5.69. The topological polar surface area (TPSA) is 67.4 Å². The van der Waals surface area contributed by atoms with Gasteiger partial charge in [0.25, 0.3) is 11.5 Å². The van der Waals surface area contributed by atoms with E-state index in [0.29, 0.717) is 0 Å². The standard InChI is InChI=1S/C17H11ClF4N2O3/c18-9-5-6-13-11(7-9)16(17(20,21)22,27-15(26)24-13)8-23-14(25)10-3-1-2-4-12(10)19/h1-7H,8H2,(H,23,25)(H,24,26). The van der Waals surface area contributed by atoms with E-state index in [1.807, 2.05) is 5.32 Å². The van der Waals surface area contributed by atoms with Gasteiger partial charge in [-0.15, -0.1) is 0 Å². The fraction of sp³-hybridized carbons (Fsp3) is 0.176. The minimum Gasteiger partial charge on any atom is -0.426 e.